The molecule has 0 atom stereocenters. The molecule has 0 aliphatic rings. The molecule has 0 saturated carbocycles. The van der Waals surface area contributed by atoms with E-state index in [4.69, 9.17) is 4.42 Å². The standard InChI is InChI=1S/C19H18N4O3/c1-13(24)22-15-8-5-9-16(10-15)23-19(25)21-12-18-20-11-17(26-18)14-6-3-2-4-7-14/h2-11H,12H2,1H3,(H,22,24)(H2,21,23,25). The maximum absolute atomic E-state index is 12.0. The molecule has 26 heavy (non-hydrogen) atoms. The van der Waals surface area contributed by atoms with Crippen molar-refractivity contribution in [2.45, 2.75) is 13.5 Å². The zero-order valence-electron chi connectivity index (χ0n) is 14.2. The number of rotatable bonds is 5. The zero-order valence-corrected chi connectivity index (χ0v) is 14.2. The molecule has 3 aromatic rings. The van der Waals surface area contributed by atoms with Gasteiger partial charge in [-0.2, -0.15) is 0 Å². The molecule has 3 N–H and O–H groups in total. The summed E-state index contributed by atoms with van der Waals surface area (Å²) in [4.78, 5) is 27.3. The number of benzene rings is 2. The second kappa shape index (κ2) is 7.98. The van der Waals surface area contributed by atoms with E-state index < -0.39 is 6.03 Å². The normalized spacial score (nSPS) is 10.2. The highest BCUT2D eigenvalue weighted by Gasteiger charge is 2.08. The van der Waals surface area contributed by atoms with Gasteiger partial charge in [-0.15, -0.1) is 0 Å². The van der Waals surface area contributed by atoms with Gasteiger partial charge in [0.25, 0.3) is 0 Å². The smallest absolute Gasteiger partial charge is 0.319 e. The van der Waals surface area contributed by atoms with E-state index in [1.54, 1.807) is 30.5 Å². The summed E-state index contributed by atoms with van der Waals surface area (Å²) in [6.07, 6.45) is 1.63. The number of nitrogens with zero attached hydrogens (tertiary/aromatic N) is 1. The van der Waals surface area contributed by atoms with Crippen LogP contribution in [0.1, 0.15) is 12.8 Å². The van der Waals surface area contributed by atoms with Gasteiger partial charge in [-0.25, -0.2) is 9.78 Å². The van der Waals surface area contributed by atoms with E-state index >= 15 is 0 Å². The molecule has 132 valence electrons. The number of oxazole rings is 1. The lowest BCUT2D eigenvalue weighted by Crippen LogP contribution is -2.28. The Kier molecular flexibility index (Phi) is 5.28. The molecule has 0 fully saturated rings. The summed E-state index contributed by atoms with van der Waals surface area (Å²) in [5.74, 6) is 0.876. The van der Waals surface area contributed by atoms with Crippen LogP contribution in [0.5, 0.6) is 0 Å². The van der Waals surface area contributed by atoms with Crippen LogP contribution in [-0.2, 0) is 11.3 Å². The van der Waals surface area contributed by atoms with Crippen LogP contribution in [-0.4, -0.2) is 16.9 Å². The van der Waals surface area contributed by atoms with Crippen LogP contribution >= 0.6 is 0 Å². The van der Waals surface area contributed by atoms with Gasteiger partial charge in [-0.3, -0.25) is 4.79 Å². The second-order valence-electron chi connectivity index (χ2n) is 5.55. The molecule has 1 aromatic heterocycles. The van der Waals surface area contributed by atoms with E-state index in [0.717, 1.165) is 5.56 Å². The van der Waals surface area contributed by atoms with Crippen molar-refractivity contribution in [1.29, 1.82) is 0 Å². The maximum atomic E-state index is 12.0. The Morgan fingerprint density at radius 1 is 1.00 bits per heavy atom. The predicted molar refractivity (Wildman–Crippen MR) is 98.5 cm³/mol. The quantitative estimate of drug-likeness (QED) is 0.655. The molecule has 0 spiro atoms. The van der Waals surface area contributed by atoms with Gasteiger partial charge in [0.05, 0.1) is 12.7 Å². The number of nitrogens with one attached hydrogen (secondary N) is 3. The van der Waals surface area contributed by atoms with Crippen LogP contribution in [0.2, 0.25) is 0 Å². The molecule has 0 unspecified atom stereocenters. The number of carbonyl (C=O) groups is 2. The lowest BCUT2D eigenvalue weighted by Gasteiger charge is -2.08. The van der Waals surface area contributed by atoms with Gasteiger partial charge in [0.15, 0.2) is 5.76 Å². The first-order valence-electron chi connectivity index (χ1n) is 8.03. The van der Waals surface area contributed by atoms with Gasteiger partial charge >= 0.3 is 6.03 Å². The number of hydrogen-bond acceptors (Lipinski definition) is 4. The first-order valence-corrected chi connectivity index (χ1v) is 8.03. The third-order valence-electron chi connectivity index (χ3n) is 3.45. The molecular weight excluding hydrogens is 332 g/mol. The first-order chi connectivity index (χ1) is 12.6. The monoisotopic (exact) mass is 350 g/mol. The van der Waals surface area contributed by atoms with Crippen molar-refractivity contribution in [3.8, 4) is 11.3 Å². The van der Waals surface area contributed by atoms with Crippen molar-refractivity contribution in [2.75, 3.05) is 10.6 Å². The lowest BCUT2D eigenvalue weighted by atomic mass is 10.2. The number of urea groups is 1. The van der Waals surface area contributed by atoms with Crippen molar-refractivity contribution in [3.63, 3.8) is 0 Å². The van der Waals surface area contributed by atoms with Crippen molar-refractivity contribution < 1.29 is 14.0 Å². The van der Waals surface area contributed by atoms with Crippen LogP contribution in [0.15, 0.2) is 65.2 Å². The highest BCUT2D eigenvalue weighted by atomic mass is 16.4. The number of hydrogen-bond donors (Lipinski definition) is 3. The Morgan fingerprint density at radius 2 is 1.73 bits per heavy atom. The number of aromatic nitrogens is 1. The van der Waals surface area contributed by atoms with Crippen LogP contribution < -0.4 is 16.0 Å². The van der Waals surface area contributed by atoms with Crippen molar-refractivity contribution in [1.82, 2.24) is 10.3 Å². The number of anilines is 2. The molecule has 1 heterocycles. The maximum Gasteiger partial charge on any atom is 0.319 e. The fourth-order valence-electron chi connectivity index (χ4n) is 2.34. The van der Waals surface area contributed by atoms with Crippen LogP contribution in [0.4, 0.5) is 16.2 Å². The molecule has 0 radical (unpaired) electrons. The van der Waals surface area contributed by atoms with E-state index in [-0.39, 0.29) is 12.5 Å². The fraction of sp³-hybridized carbons (Fsp3) is 0.105. The summed E-state index contributed by atoms with van der Waals surface area (Å²) in [6.45, 7) is 1.58. The SMILES string of the molecule is CC(=O)Nc1cccc(NC(=O)NCc2ncc(-c3ccccc3)o2)c1. The van der Waals surface area contributed by atoms with Crippen molar-refractivity contribution in [2.24, 2.45) is 0 Å². The molecule has 2 aromatic carbocycles. The van der Waals surface area contributed by atoms with E-state index in [0.29, 0.717) is 23.0 Å². The van der Waals surface area contributed by atoms with E-state index in [1.165, 1.54) is 6.92 Å². The molecule has 3 amide bonds. The largest absolute Gasteiger partial charge is 0.439 e. The summed E-state index contributed by atoms with van der Waals surface area (Å²) in [5, 5.41) is 8.03. The number of amides is 3. The van der Waals surface area contributed by atoms with Crippen molar-refractivity contribution >= 4 is 23.3 Å². The van der Waals surface area contributed by atoms with Crippen LogP contribution in [0.25, 0.3) is 11.3 Å². The summed E-state index contributed by atoms with van der Waals surface area (Å²) in [6, 6.07) is 16.1. The highest BCUT2D eigenvalue weighted by molar-refractivity contribution is 5.92. The van der Waals surface area contributed by atoms with Gasteiger partial charge in [0, 0.05) is 23.9 Å². The summed E-state index contributed by atoms with van der Waals surface area (Å²) in [7, 11) is 0. The molecule has 7 nitrogen and oxygen atoms in total. The minimum Gasteiger partial charge on any atom is -0.439 e. The predicted octanol–water partition coefficient (Wildman–Crippen LogP) is 3.62. The average molecular weight is 350 g/mol. The Balaban J connectivity index is 1.55. The summed E-state index contributed by atoms with van der Waals surface area (Å²) >= 11 is 0. The van der Waals surface area contributed by atoms with Crippen LogP contribution in [0, 0.1) is 0 Å². The number of carbonyl (C=O) groups excluding carboxylic acids is 2. The van der Waals surface area contributed by atoms with Gasteiger partial charge < -0.3 is 20.4 Å². The molecule has 3 rings (SSSR count). The Morgan fingerprint density at radius 3 is 2.46 bits per heavy atom. The van der Waals surface area contributed by atoms with Gasteiger partial charge in [0.1, 0.15) is 0 Å². The fourth-order valence-corrected chi connectivity index (χ4v) is 2.34. The first kappa shape index (κ1) is 17.2. The topological polar surface area (TPSA) is 96.3 Å². The minimum absolute atomic E-state index is 0.157. The minimum atomic E-state index is -0.399. The van der Waals surface area contributed by atoms with E-state index in [1.807, 2.05) is 30.3 Å². The zero-order chi connectivity index (χ0) is 18.4. The lowest BCUT2D eigenvalue weighted by molar-refractivity contribution is -0.114. The Labute approximate surface area is 150 Å². The molecule has 0 aliphatic heterocycles. The summed E-state index contributed by atoms with van der Waals surface area (Å²) < 4.78 is 5.63. The highest BCUT2D eigenvalue weighted by Crippen LogP contribution is 2.19. The second-order valence-corrected chi connectivity index (χ2v) is 5.55. The average Bonchev–Trinajstić information content (AvgIpc) is 3.09. The summed E-state index contributed by atoms with van der Waals surface area (Å²) in [5.41, 5.74) is 2.09. The van der Waals surface area contributed by atoms with Gasteiger partial charge in [-0.05, 0) is 18.2 Å². The van der Waals surface area contributed by atoms with E-state index in [9.17, 15) is 9.59 Å². The third kappa shape index (κ3) is 4.70. The van der Waals surface area contributed by atoms with E-state index in [2.05, 4.69) is 20.9 Å². The molecular formula is C19H18N4O3. The molecule has 7 heteroatoms. The molecule has 0 saturated heterocycles. The van der Waals surface area contributed by atoms with Crippen LogP contribution in [0.3, 0.4) is 0 Å². The third-order valence-corrected chi connectivity index (χ3v) is 3.45. The molecule has 0 aliphatic carbocycles. The van der Waals surface area contributed by atoms with Gasteiger partial charge in [-0.1, -0.05) is 36.4 Å². The Bertz CT molecular complexity index is 906. The Hall–Kier alpha value is -3.61. The van der Waals surface area contributed by atoms with Gasteiger partial charge in [0.2, 0.25) is 11.8 Å². The van der Waals surface area contributed by atoms with Crippen molar-refractivity contribution in [3.05, 3.63) is 66.7 Å². The molecule has 0 bridgehead atoms.